The van der Waals surface area contributed by atoms with Crippen molar-refractivity contribution >= 4 is 22.9 Å². The normalized spacial score (nSPS) is 10.9. The van der Waals surface area contributed by atoms with Crippen molar-refractivity contribution < 1.29 is 14.3 Å². The molecule has 0 aliphatic carbocycles. The minimum absolute atomic E-state index is 0.136. The maximum absolute atomic E-state index is 12.1. The topological polar surface area (TPSA) is 60.5 Å². The molecule has 0 bridgehead atoms. The number of rotatable bonds is 7. The number of methoxy groups -OCH3 is 2. The molecule has 5 heteroatoms. The highest BCUT2D eigenvalue weighted by Crippen LogP contribution is 2.27. The van der Waals surface area contributed by atoms with Crippen LogP contribution in [0.1, 0.15) is 11.1 Å². The Bertz CT molecular complexity index is 961. The molecule has 3 aromatic rings. The Hall–Kier alpha value is -3.34. The number of carbonyl (C=O) groups is 1. The molecule has 2 aromatic carbocycles. The van der Waals surface area contributed by atoms with E-state index in [9.17, 15) is 4.79 Å². The fourth-order valence-electron chi connectivity index (χ4n) is 2.85. The molecule has 3 rings (SSSR count). The number of nitrogens with zero attached hydrogens (tertiary/aromatic N) is 1. The van der Waals surface area contributed by atoms with Gasteiger partial charge >= 0.3 is 0 Å². The van der Waals surface area contributed by atoms with Crippen LogP contribution in [0.4, 0.5) is 0 Å². The third-order valence-corrected chi connectivity index (χ3v) is 4.24. The average molecular weight is 362 g/mol. The zero-order valence-electron chi connectivity index (χ0n) is 15.4. The third kappa shape index (κ3) is 4.64. The van der Waals surface area contributed by atoms with Gasteiger partial charge in [-0.3, -0.25) is 9.78 Å². The summed E-state index contributed by atoms with van der Waals surface area (Å²) in [5.41, 5.74) is 2.87. The summed E-state index contributed by atoms with van der Waals surface area (Å²) in [7, 11) is 3.21. The van der Waals surface area contributed by atoms with Gasteiger partial charge in [0.2, 0.25) is 5.91 Å². The van der Waals surface area contributed by atoms with Crippen molar-refractivity contribution in [2.75, 3.05) is 20.8 Å². The lowest BCUT2D eigenvalue weighted by Crippen LogP contribution is -2.23. The first-order valence-electron chi connectivity index (χ1n) is 8.72. The standard InChI is InChI=1S/C22H22N2O3/c1-26-19-10-8-16(15-20(19)27-2)12-14-23-21(25)11-9-18-6-3-5-17-7-4-13-24-22(17)18/h3-11,13,15H,12,14H2,1-2H3,(H,23,25). The van der Waals surface area contributed by atoms with E-state index in [1.165, 1.54) is 6.08 Å². The van der Waals surface area contributed by atoms with E-state index in [0.29, 0.717) is 24.5 Å². The lowest BCUT2D eigenvalue weighted by atomic mass is 10.1. The summed E-state index contributed by atoms with van der Waals surface area (Å²) in [6, 6.07) is 15.6. The molecule has 0 aliphatic heterocycles. The average Bonchev–Trinajstić information content (AvgIpc) is 2.72. The van der Waals surface area contributed by atoms with Gasteiger partial charge in [0.1, 0.15) is 0 Å². The number of hydrogen-bond donors (Lipinski definition) is 1. The summed E-state index contributed by atoms with van der Waals surface area (Å²) in [5.74, 6) is 1.24. The van der Waals surface area contributed by atoms with Crippen LogP contribution in [0.5, 0.6) is 11.5 Å². The first-order chi connectivity index (χ1) is 13.2. The van der Waals surface area contributed by atoms with Crippen molar-refractivity contribution in [2.45, 2.75) is 6.42 Å². The summed E-state index contributed by atoms with van der Waals surface area (Å²) in [5, 5.41) is 3.95. The van der Waals surface area contributed by atoms with E-state index in [1.54, 1.807) is 26.5 Å². The van der Waals surface area contributed by atoms with Crippen molar-refractivity contribution in [2.24, 2.45) is 0 Å². The largest absolute Gasteiger partial charge is 0.493 e. The van der Waals surface area contributed by atoms with Crippen LogP contribution < -0.4 is 14.8 Å². The molecule has 5 nitrogen and oxygen atoms in total. The van der Waals surface area contributed by atoms with Crippen molar-refractivity contribution in [3.8, 4) is 11.5 Å². The molecule has 0 spiro atoms. The molecule has 0 aliphatic rings. The zero-order valence-corrected chi connectivity index (χ0v) is 15.4. The number of ether oxygens (including phenoxy) is 2. The van der Waals surface area contributed by atoms with Crippen LogP contribution in [0.15, 0.2) is 60.8 Å². The number of amides is 1. The third-order valence-electron chi connectivity index (χ3n) is 4.24. The van der Waals surface area contributed by atoms with Crippen LogP contribution in [0.2, 0.25) is 0 Å². The molecule has 0 saturated heterocycles. The van der Waals surface area contributed by atoms with Crippen LogP contribution in [0.25, 0.3) is 17.0 Å². The Balaban J connectivity index is 1.57. The van der Waals surface area contributed by atoms with Gasteiger partial charge in [0.25, 0.3) is 0 Å². The van der Waals surface area contributed by atoms with Crippen LogP contribution in [0, 0.1) is 0 Å². The van der Waals surface area contributed by atoms with E-state index in [4.69, 9.17) is 9.47 Å². The summed E-state index contributed by atoms with van der Waals surface area (Å²) in [6.07, 6.45) is 5.79. The Morgan fingerprint density at radius 1 is 1.07 bits per heavy atom. The molecular weight excluding hydrogens is 340 g/mol. The van der Waals surface area contributed by atoms with Gasteiger partial charge in [0.15, 0.2) is 11.5 Å². The van der Waals surface area contributed by atoms with Gasteiger partial charge in [-0.1, -0.05) is 30.3 Å². The molecule has 138 valence electrons. The van der Waals surface area contributed by atoms with Gasteiger partial charge in [0.05, 0.1) is 19.7 Å². The van der Waals surface area contributed by atoms with Gasteiger partial charge in [0, 0.05) is 29.8 Å². The van der Waals surface area contributed by atoms with Crippen LogP contribution >= 0.6 is 0 Å². The van der Waals surface area contributed by atoms with Gasteiger partial charge in [-0.25, -0.2) is 0 Å². The minimum Gasteiger partial charge on any atom is -0.493 e. The maximum atomic E-state index is 12.1. The van der Waals surface area contributed by atoms with Gasteiger partial charge in [-0.2, -0.15) is 0 Å². The first-order valence-corrected chi connectivity index (χ1v) is 8.72. The molecular formula is C22H22N2O3. The van der Waals surface area contributed by atoms with E-state index < -0.39 is 0 Å². The number of para-hydroxylation sites is 1. The van der Waals surface area contributed by atoms with Crippen LogP contribution in [0.3, 0.4) is 0 Å². The molecule has 1 aromatic heterocycles. The predicted octanol–water partition coefficient (Wildman–Crippen LogP) is 3.62. The second-order valence-corrected chi connectivity index (χ2v) is 5.99. The summed E-state index contributed by atoms with van der Waals surface area (Å²) >= 11 is 0. The lowest BCUT2D eigenvalue weighted by molar-refractivity contribution is -0.116. The van der Waals surface area contributed by atoms with Gasteiger partial charge in [-0.05, 0) is 36.3 Å². The van der Waals surface area contributed by atoms with E-state index in [2.05, 4.69) is 10.3 Å². The van der Waals surface area contributed by atoms with Crippen molar-refractivity contribution in [3.05, 3.63) is 71.9 Å². The first kappa shape index (κ1) is 18.5. The summed E-state index contributed by atoms with van der Waals surface area (Å²) in [6.45, 7) is 0.534. The van der Waals surface area contributed by atoms with Gasteiger partial charge < -0.3 is 14.8 Å². The summed E-state index contributed by atoms with van der Waals surface area (Å²) in [4.78, 5) is 16.5. The Morgan fingerprint density at radius 2 is 1.89 bits per heavy atom. The lowest BCUT2D eigenvalue weighted by Gasteiger charge is -2.09. The minimum atomic E-state index is -0.136. The SMILES string of the molecule is COc1ccc(CCNC(=O)C=Cc2cccc3cccnc23)cc1OC. The van der Waals surface area contributed by atoms with Crippen molar-refractivity contribution in [1.82, 2.24) is 10.3 Å². The molecule has 27 heavy (non-hydrogen) atoms. The zero-order chi connectivity index (χ0) is 19.1. The van der Waals surface area contributed by atoms with Crippen LogP contribution in [-0.4, -0.2) is 31.7 Å². The molecule has 1 heterocycles. The van der Waals surface area contributed by atoms with E-state index in [1.807, 2.05) is 48.5 Å². The number of hydrogen-bond acceptors (Lipinski definition) is 4. The molecule has 0 unspecified atom stereocenters. The molecule has 0 saturated carbocycles. The van der Waals surface area contributed by atoms with E-state index in [0.717, 1.165) is 22.0 Å². The quantitative estimate of drug-likeness (QED) is 0.652. The van der Waals surface area contributed by atoms with Crippen molar-refractivity contribution in [1.29, 1.82) is 0 Å². The Kier molecular flexibility index (Phi) is 6.05. The van der Waals surface area contributed by atoms with Crippen LogP contribution in [-0.2, 0) is 11.2 Å². The number of aromatic nitrogens is 1. The second kappa shape index (κ2) is 8.85. The van der Waals surface area contributed by atoms with E-state index in [-0.39, 0.29) is 5.91 Å². The van der Waals surface area contributed by atoms with E-state index >= 15 is 0 Å². The number of nitrogens with one attached hydrogen (secondary N) is 1. The summed E-state index contributed by atoms with van der Waals surface area (Å²) < 4.78 is 10.5. The predicted molar refractivity (Wildman–Crippen MR) is 107 cm³/mol. The number of fused-ring (bicyclic) bond motifs is 1. The highest BCUT2D eigenvalue weighted by atomic mass is 16.5. The fourth-order valence-corrected chi connectivity index (χ4v) is 2.85. The highest BCUT2D eigenvalue weighted by Gasteiger charge is 2.05. The molecule has 0 atom stereocenters. The number of pyridine rings is 1. The fraction of sp³-hybridized carbons (Fsp3) is 0.182. The van der Waals surface area contributed by atoms with Gasteiger partial charge in [-0.15, -0.1) is 0 Å². The smallest absolute Gasteiger partial charge is 0.244 e. The Labute approximate surface area is 158 Å². The maximum Gasteiger partial charge on any atom is 0.244 e. The Morgan fingerprint density at radius 3 is 2.70 bits per heavy atom. The number of carbonyl (C=O) groups excluding carboxylic acids is 1. The second-order valence-electron chi connectivity index (χ2n) is 5.99. The highest BCUT2D eigenvalue weighted by molar-refractivity contribution is 5.95. The molecule has 0 radical (unpaired) electrons. The molecule has 1 amide bonds. The molecule has 1 N–H and O–H groups in total. The number of benzene rings is 2. The monoisotopic (exact) mass is 362 g/mol. The molecule has 0 fully saturated rings. The van der Waals surface area contributed by atoms with Crippen molar-refractivity contribution in [3.63, 3.8) is 0 Å².